The summed E-state index contributed by atoms with van der Waals surface area (Å²) in [6.45, 7) is 6.46. The summed E-state index contributed by atoms with van der Waals surface area (Å²) in [4.78, 5) is 12.3. The van der Waals surface area contributed by atoms with Gasteiger partial charge in [0, 0.05) is 11.3 Å². The van der Waals surface area contributed by atoms with Crippen LogP contribution in [0.3, 0.4) is 0 Å². The Morgan fingerprint density at radius 1 is 1.00 bits per heavy atom. The monoisotopic (exact) mass is 311 g/mol. The van der Waals surface area contributed by atoms with Crippen molar-refractivity contribution in [3.63, 3.8) is 0 Å². The number of amides is 1. The maximum atomic E-state index is 12.3. The first-order valence-electron chi connectivity index (χ1n) is 7.08. The number of nitrogens with zero attached hydrogens (tertiary/aromatic N) is 2. The van der Waals surface area contributed by atoms with E-state index in [4.69, 9.17) is 0 Å². The number of hydrogen-bond donors (Lipinski definition) is 1. The molecule has 112 valence electrons. The number of aromatic nitrogens is 2. The second kappa shape index (κ2) is 5.50. The smallest absolute Gasteiger partial charge is 0.255 e. The number of hydrogen-bond acceptors (Lipinski definition) is 4. The molecule has 3 aromatic rings. The predicted molar refractivity (Wildman–Crippen MR) is 90.5 cm³/mol. The molecule has 0 saturated heterocycles. The van der Waals surface area contributed by atoms with E-state index in [1.54, 1.807) is 0 Å². The van der Waals surface area contributed by atoms with E-state index in [-0.39, 0.29) is 11.3 Å². The summed E-state index contributed by atoms with van der Waals surface area (Å²) in [5.74, 6) is -0.122. The molecule has 2 aromatic carbocycles. The molecule has 1 N–H and O–H groups in total. The molecule has 4 nitrogen and oxygen atoms in total. The van der Waals surface area contributed by atoms with Crippen LogP contribution in [-0.4, -0.2) is 14.7 Å². The largest absolute Gasteiger partial charge is 0.322 e. The average Bonchev–Trinajstić information content (AvgIpc) is 2.94. The Labute approximate surface area is 133 Å². The lowest BCUT2D eigenvalue weighted by Crippen LogP contribution is -2.14. The third kappa shape index (κ3) is 2.99. The number of nitrogens with one attached hydrogen (secondary N) is 1. The molecule has 0 bridgehead atoms. The molecule has 1 aromatic heterocycles. The molecule has 0 spiro atoms. The summed E-state index contributed by atoms with van der Waals surface area (Å²) >= 11 is 1.17. The highest BCUT2D eigenvalue weighted by atomic mass is 32.1. The molecule has 5 heteroatoms. The number of anilines is 1. The first kappa shape index (κ1) is 14.7. The first-order valence-corrected chi connectivity index (χ1v) is 7.81. The van der Waals surface area contributed by atoms with E-state index < -0.39 is 0 Å². The van der Waals surface area contributed by atoms with Crippen molar-refractivity contribution in [2.24, 2.45) is 0 Å². The molecule has 1 amide bonds. The fourth-order valence-corrected chi connectivity index (χ4v) is 2.70. The lowest BCUT2D eigenvalue weighted by atomic mass is 9.87. The van der Waals surface area contributed by atoms with Crippen LogP contribution < -0.4 is 5.32 Å². The third-order valence-corrected chi connectivity index (χ3v) is 4.08. The van der Waals surface area contributed by atoms with Gasteiger partial charge in [-0.1, -0.05) is 32.9 Å². The maximum absolute atomic E-state index is 12.3. The Kier molecular flexibility index (Phi) is 3.66. The third-order valence-electron chi connectivity index (χ3n) is 3.52. The van der Waals surface area contributed by atoms with Crippen molar-refractivity contribution in [1.82, 2.24) is 8.75 Å². The summed E-state index contributed by atoms with van der Waals surface area (Å²) < 4.78 is 8.32. The van der Waals surface area contributed by atoms with Crippen LogP contribution in [0, 0.1) is 0 Å². The zero-order valence-electron chi connectivity index (χ0n) is 12.8. The van der Waals surface area contributed by atoms with Gasteiger partial charge in [-0.25, -0.2) is 0 Å². The summed E-state index contributed by atoms with van der Waals surface area (Å²) in [5, 5.41) is 2.90. The molecule has 0 atom stereocenters. The summed E-state index contributed by atoms with van der Waals surface area (Å²) in [6, 6.07) is 13.3. The molecule has 0 fully saturated rings. The maximum Gasteiger partial charge on any atom is 0.255 e. The van der Waals surface area contributed by atoms with Crippen LogP contribution in [0.15, 0.2) is 42.5 Å². The second-order valence-electron chi connectivity index (χ2n) is 6.25. The van der Waals surface area contributed by atoms with Gasteiger partial charge in [0.1, 0.15) is 11.0 Å². The van der Waals surface area contributed by atoms with Gasteiger partial charge in [-0.15, -0.1) is 0 Å². The fourth-order valence-electron chi connectivity index (χ4n) is 2.18. The van der Waals surface area contributed by atoms with Crippen LogP contribution in [0.4, 0.5) is 5.69 Å². The van der Waals surface area contributed by atoms with Crippen molar-refractivity contribution < 1.29 is 4.79 Å². The molecule has 0 aliphatic heterocycles. The number of benzene rings is 2. The van der Waals surface area contributed by atoms with Crippen molar-refractivity contribution >= 4 is 34.4 Å². The molecular weight excluding hydrogens is 294 g/mol. The second-order valence-corrected chi connectivity index (χ2v) is 6.78. The SMILES string of the molecule is CC(C)(C)c1ccc(C(=O)Nc2ccc3nsnc3c2)cc1. The Bertz CT molecular complexity index is 816. The van der Waals surface area contributed by atoms with E-state index in [1.807, 2.05) is 42.5 Å². The van der Waals surface area contributed by atoms with Crippen molar-refractivity contribution in [2.45, 2.75) is 26.2 Å². The van der Waals surface area contributed by atoms with Gasteiger partial charge in [0.15, 0.2) is 0 Å². The lowest BCUT2D eigenvalue weighted by Gasteiger charge is -2.19. The zero-order valence-corrected chi connectivity index (χ0v) is 13.6. The van der Waals surface area contributed by atoms with E-state index in [0.717, 1.165) is 16.7 Å². The molecule has 22 heavy (non-hydrogen) atoms. The number of fused-ring (bicyclic) bond motifs is 1. The molecule has 0 unspecified atom stereocenters. The molecule has 1 heterocycles. The predicted octanol–water partition coefficient (Wildman–Crippen LogP) is 4.24. The van der Waals surface area contributed by atoms with Gasteiger partial charge >= 0.3 is 0 Å². The number of rotatable bonds is 2. The van der Waals surface area contributed by atoms with Crippen molar-refractivity contribution in [3.05, 3.63) is 53.6 Å². The summed E-state index contributed by atoms with van der Waals surface area (Å²) in [6.07, 6.45) is 0. The molecule has 0 radical (unpaired) electrons. The fraction of sp³-hybridized carbons (Fsp3) is 0.235. The van der Waals surface area contributed by atoms with E-state index in [2.05, 4.69) is 34.8 Å². The van der Waals surface area contributed by atoms with Gasteiger partial charge < -0.3 is 5.32 Å². The Balaban J connectivity index is 1.78. The quantitative estimate of drug-likeness (QED) is 0.770. The standard InChI is InChI=1S/C17H17N3OS/c1-17(2,3)12-6-4-11(5-7-12)16(21)18-13-8-9-14-15(10-13)20-22-19-14/h4-10H,1-3H3,(H,18,21). The Morgan fingerprint density at radius 2 is 1.68 bits per heavy atom. The molecule has 0 aliphatic carbocycles. The van der Waals surface area contributed by atoms with Crippen molar-refractivity contribution in [2.75, 3.05) is 5.32 Å². The van der Waals surface area contributed by atoms with E-state index in [1.165, 1.54) is 17.3 Å². The van der Waals surface area contributed by atoms with Crippen LogP contribution >= 0.6 is 11.7 Å². The minimum absolute atomic E-state index is 0.0810. The normalized spacial score (nSPS) is 11.6. The lowest BCUT2D eigenvalue weighted by molar-refractivity contribution is 0.102. The van der Waals surface area contributed by atoms with Crippen molar-refractivity contribution in [1.29, 1.82) is 0 Å². The van der Waals surface area contributed by atoms with E-state index >= 15 is 0 Å². The van der Waals surface area contributed by atoms with Crippen LogP contribution in [0.25, 0.3) is 11.0 Å². The summed E-state index contributed by atoms with van der Waals surface area (Å²) in [7, 11) is 0. The summed E-state index contributed by atoms with van der Waals surface area (Å²) in [5.41, 5.74) is 4.30. The molecule has 0 aliphatic rings. The topological polar surface area (TPSA) is 54.9 Å². The van der Waals surface area contributed by atoms with Gasteiger partial charge in [-0.05, 0) is 41.3 Å². The van der Waals surface area contributed by atoms with Gasteiger partial charge in [0.25, 0.3) is 5.91 Å². The molecular formula is C17H17N3OS. The highest BCUT2D eigenvalue weighted by Gasteiger charge is 2.14. The van der Waals surface area contributed by atoms with Crippen LogP contribution in [0.2, 0.25) is 0 Å². The van der Waals surface area contributed by atoms with Gasteiger partial charge in [-0.3, -0.25) is 4.79 Å². The highest BCUT2D eigenvalue weighted by molar-refractivity contribution is 7.00. The average molecular weight is 311 g/mol. The van der Waals surface area contributed by atoms with Crippen LogP contribution in [-0.2, 0) is 5.41 Å². The van der Waals surface area contributed by atoms with Gasteiger partial charge in [0.2, 0.25) is 0 Å². The number of carbonyl (C=O) groups excluding carboxylic acids is 1. The number of carbonyl (C=O) groups is 1. The van der Waals surface area contributed by atoms with Crippen LogP contribution in [0.5, 0.6) is 0 Å². The van der Waals surface area contributed by atoms with Crippen molar-refractivity contribution in [3.8, 4) is 0 Å². The first-order chi connectivity index (χ1) is 10.4. The zero-order chi connectivity index (χ0) is 15.7. The molecule has 3 rings (SSSR count). The minimum Gasteiger partial charge on any atom is -0.322 e. The minimum atomic E-state index is -0.122. The van der Waals surface area contributed by atoms with Gasteiger partial charge in [0.05, 0.1) is 11.7 Å². The van der Waals surface area contributed by atoms with E-state index in [0.29, 0.717) is 5.56 Å². The highest BCUT2D eigenvalue weighted by Crippen LogP contribution is 2.23. The van der Waals surface area contributed by atoms with E-state index in [9.17, 15) is 4.79 Å². The Morgan fingerprint density at radius 3 is 2.36 bits per heavy atom. The van der Waals surface area contributed by atoms with Gasteiger partial charge in [-0.2, -0.15) is 8.75 Å². The van der Waals surface area contributed by atoms with Crippen LogP contribution in [0.1, 0.15) is 36.7 Å². The Hall–Kier alpha value is -2.27. The molecule has 0 saturated carbocycles.